The third-order valence-corrected chi connectivity index (χ3v) is 6.49. The fraction of sp³-hybridized carbons (Fsp3) is 0.407. The molecule has 2 aromatic rings. The van der Waals surface area contributed by atoms with Gasteiger partial charge in [-0.1, -0.05) is 76.6 Å². The normalized spacial score (nSPS) is 17.4. The second-order valence-electron chi connectivity index (χ2n) is 9.47. The van der Waals surface area contributed by atoms with Crippen molar-refractivity contribution in [2.75, 3.05) is 10.2 Å². The van der Waals surface area contributed by atoms with Gasteiger partial charge in [0.25, 0.3) is 0 Å². The van der Waals surface area contributed by atoms with Gasteiger partial charge in [-0.3, -0.25) is 14.5 Å². The number of hydrogen-bond donors (Lipinski definition) is 4. The number of amides is 4. The van der Waals surface area contributed by atoms with Crippen molar-refractivity contribution in [1.82, 2.24) is 10.6 Å². The molecule has 2 aromatic carbocycles. The molecule has 9 heteroatoms. The summed E-state index contributed by atoms with van der Waals surface area (Å²) in [4.78, 5) is 53.1. The minimum absolute atomic E-state index is 0.152. The highest BCUT2D eigenvalue weighted by molar-refractivity contribution is 6.12. The molecule has 0 unspecified atom stereocenters. The van der Waals surface area contributed by atoms with Crippen LogP contribution in [0, 0.1) is 11.8 Å². The van der Waals surface area contributed by atoms with Crippen LogP contribution < -0.4 is 20.9 Å². The van der Waals surface area contributed by atoms with Crippen molar-refractivity contribution in [2.45, 2.75) is 58.7 Å². The quantitative estimate of drug-likeness (QED) is 0.425. The molecule has 192 valence electrons. The predicted molar refractivity (Wildman–Crippen MR) is 138 cm³/mol. The van der Waals surface area contributed by atoms with Gasteiger partial charge in [0.05, 0.1) is 11.4 Å². The van der Waals surface area contributed by atoms with Crippen LogP contribution in [0.1, 0.15) is 39.7 Å². The third-order valence-electron chi connectivity index (χ3n) is 6.49. The van der Waals surface area contributed by atoms with Crippen molar-refractivity contribution in [3.63, 3.8) is 0 Å². The Bertz CT molecular complexity index is 1100. The second kappa shape index (κ2) is 11.7. The Morgan fingerprint density at radius 1 is 1.00 bits per heavy atom. The molecule has 1 aliphatic heterocycles. The molecule has 3 rings (SSSR count). The molecule has 0 radical (unpaired) electrons. The SMILES string of the molecule is CC[C@@H](C)[C@H](NC(=O)[C@H](Cc1ccccc1)NC(=O)N1c2ccccc2NC(=O)[C@@H]1C(C)C)C(=O)O. The van der Waals surface area contributed by atoms with Gasteiger partial charge in [-0.25, -0.2) is 9.59 Å². The maximum Gasteiger partial charge on any atom is 0.326 e. The number of nitrogens with one attached hydrogen (secondary N) is 3. The van der Waals surface area contributed by atoms with Gasteiger partial charge in [0.15, 0.2) is 0 Å². The van der Waals surface area contributed by atoms with Gasteiger partial charge in [0.2, 0.25) is 11.8 Å². The summed E-state index contributed by atoms with van der Waals surface area (Å²) >= 11 is 0. The Kier molecular flexibility index (Phi) is 8.68. The van der Waals surface area contributed by atoms with Gasteiger partial charge < -0.3 is 21.1 Å². The monoisotopic (exact) mass is 494 g/mol. The molecule has 0 aliphatic carbocycles. The summed E-state index contributed by atoms with van der Waals surface area (Å²) in [5.74, 6) is -2.56. The zero-order valence-corrected chi connectivity index (χ0v) is 21.0. The first-order valence-corrected chi connectivity index (χ1v) is 12.2. The van der Waals surface area contributed by atoms with Crippen LogP contribution >= 0.6 is 0 Å². The van der Waals surface area contributed by atoms with Gasteiger partial charge in [-0.15, -0.1) is 0 Å². The van der Waals surface area contributed by atoms with E-state index in [1.165, 1.54) is 4.90 Å². The lowest BCUT2D eigenvalue weighted by molar-refractivity contribution is -0.143. The van der Waals surface area contributed by atoms with E-state index in [1.54, 1.807) is 31.2 Å². The van der Waals surface area contributed by atoms with Crippen molar-refractivity contribution in [2.24, 2.45) is 11.8 Å². The molecular weight excluding hydrogens is 460 g/mol. The fourth-order valence-electron chi connectivity index (χ4n) is 4.31. The molecule has 4 atom stereocenters. The third kappa shape index (κ3) is 6.02. The topological polar surface area (TPSA) is 128 Å². The van der Waals surface area contributed by atoms with E-state index in [9.17, 15) is 24.3 Å². The molecular formula is C27H34N4O5. The lowest BCUT2D eigenvalue weighted by atomic mass is 9.97. The van der Waals surface area contributed by atoms with Crippen molar-refractivity contribution in [1.29, 1.82) is 0 Å². The minimum Gasteiger partial charge on any atom is -0.480 e. The Labute approximate surface area is 211 Å². The minimum atomic E-state index is -1.14. The van der Waals surface area contributed by atoms with Crippen LogP contribution in [0.3, 0.4) is 0 Å². The molecule has 1 heterocycles. The van der Waals surface area contributed by atoms with Gasteiger partial charge in [-0.2, -0.15) is 0 Å². The summed E-state index contributed by atoms with van der Waals surface area (Å²) in [7, 11) is 0. The first-order chi connectivity index (χ1) is 17.1. The molecule has 0 saturated heterocycles. The highest BCUT2D eigenvalue weighted by Gasteiger charge is 2.40. The van der Waals surface area contributed by atoms with Gasteiger partial charge in [-0.05, 0) is 29.5 Å². The summed E-state index contributed by atoms with van der Waals surface area (Å²) in [5.41, 5.74) is 1.82. The Morgan fingerprint density at radius 2 is 1.64 bits per heavy atom. The molecule has 0 fully saturated rings. The molecule has 0 saturated carbocycles. The highest BCUT2D eigenvalue weighted by atomic mass is 16.4. The van der Waals surface area contributed by atoms with E-state index < -0.39 is 36.0 Å². The predicted octanol–water partition coefficient (Wildman–Crippen LogP) is 3.41. The maximum atomic E-state index is 13.7. The zero-order chi connectivity index (χ0) is 26.4. The van der Waals surface area contributed by atoms with Gasteiger partial charge >= 0.3 is 12.0 Å². The number of carbonyl (C=O) groups excluding carboxylic acids is 3. The van der Waals surface area contributed by atoms with Gasteiger partial charge in [0, 0.05) is 6.42 Å². The number of carbonyl (C=O) groups is 4. The molecule has 4 N–H and O–H groups in total. The fourth-order valence-corrected chi connectivity index (χ4v) is 4.31. The number of nitrogens with zero attached hydrogens (tertiary/aromatic N) is 1. The standard InChI is InChI=1S/C27H34N4O5/c1-5-17(4)22(26(34)35)30-24(32)20(15-18-11-7-6-8-12-18)29-27(36)31-21-14-10-9-13-19(21)28-25(33)23(31)16(2)3/h6-14,16-17,20,22-23H,5,15H2,1-4H3,(H,28,33)(H,29,36)(H,30,32)(H,34,35)/t17-,20+,22+,23+/m1/s1. The van der Waals surface area contributed by atoms with Crippen molar-refractivity contribution < 1.29 is 24.3 Å². The van der Waals surface area contributed by atoms with Crippen molar-refractivity contribution >= 4 is 35.2 Å². The lowest BCUT2D eigenvalue weighted by Crippen LogP contribution is -2.61. The van der Waals surface area contributed by atoms with Crippen LogP contribution in [-0.4, -0.2) is 47.0 Å². The van der Waals surface area contributed by atoms with Crippen LogP contribution in [0.5, 0.6) is 0 Å². The summed E-state index contributed by atoms with van der Waals surface area (Å²) in [6, 6.07) is 12.6. The number of urea groups is 1. The lowest BCUT2D eigenvalue weighted by Gasteiger charge is -2.39. The first-order valence-electron chi connectivity index (χ1n) is 12.2. The highest BCUT2D eigenvalue weighted by Crippen LogP contribution is 2.34. The number of rotatable bonds is 9. The molecule has 36 heavy (non-hydrogen) atoms. The number of para-hydroxylation sites is 2. The summed E-state index contributed by atoms with van der Waals surface area (Å²) in [6.45, 7) is 7.29. The van der Waals surface area contributed by atoms with Crippen LogP contribution in [-0.2, 0) is 20.8 Å². The van der Waals surface area contributed by atoms with Gasteiger partial charge in [0.1, 0.15) is 18.1 Å². The average Bonchev–Trinajstić information content (AvgIpc) is 2.85. The molecule has 0 bridgehead atoms. The van der Waals surface area contributed by atoms with Crippen LogP contribution in [0.15, 0.2) is 54.6 Å². The number of hydrogen-bond acceptors (Lipinski definition) is 4. The number of carboxylic acids is 1. The van der Waals surface area contributed by atoms with Crippen LogP contribution in [0.2, 0.25) is 0 Å². The van der Waals surface area contributed by atoms with E-state index in [4.69, 9.17) is 0 Å². The van der Waals surface area contributed by atoms with E-state index in [0.29, 0.717) is 17.8 Å². The summed E-state index contributed by atoms with van der Waals surface area (Å²) < 4.78 is 0. The Balaban J connectivity index is 1.93. The van der Waals surface area contributed by atoms with E-state index in [2.05, 4.69) is 16.0 Å². The maximum absolute atomic E-state index is 13.7. The largest absolute Gasteiger partial charge is 0.480 e. The van der Waals surface area contributed by atoms with Crippen molar-refractivity contribution in [3.8, 4) is 0 Å². The summed E-state index contributed by atoms with van der Waals surface area (Å²) in [6.07, 6.45) is 0.710. The van der Waals surface area contributed by atoms with E-state index >= 15 is 0 Å². The van der Waals surface area contributed by atoms with Crippen LogP contribution in [0.4, 0.5) is 16.2 Å². The molecule has 4 amide bonds. The molecule has 9 nitrogen and oxygen atoms in total. The number of anilines is 2. The van der Waals surface area contributed by atoms with E-state index in [-0.39, 0.29) is 24.2 Å². The first kappa shape index (κ1) is 26.7. The second-order valence-corrected chi connectivity index (χ2v) is 9.47. The van der Waals surface area contributed by atoms with Crippen molar-refractivity contribution in [3.05, 3.63) is 60.2 Å². The van der Waals surface area contributed by atoms with E-state index in [1.807, 2.05) is 51.1 Å². The number of carboxylic acid groups (broad SMARTS) is 1. The zero-order valence-electron chi connectivity index (χ0n) is 21.0. The molecule has 0 aromatic heterocycles. The average molecular weight is 495 g/mol. The Morgan fingerprint density at radius 3 is 2.25 bits per heavy atom. The smallest absolute Gasteiger partial charge is 0.326 e. The molecule has 1 aliphatic rings. The summed E-state index contributed by atoms with van der Waals surface area (Å²) in [5, 5.41) is 17.9. The number of benzene rings is 2. The van der Waals surface area contributed by atoms with E-state index in [0.717, 1.165) is 5.56 Å². The molecule has 0 spiro atoms. The Hall–Kier alpha value is -3.88. The van der Waals surface area contributed by atoms with Crippen LogP contribution in [0.25, 0.3) is 0 Å². The number of aliphatic carboxylic acids is 1. The number of fused-ring (bicyclic) bond motifs is 1.